The number of thiazole rings is 1. The fourth-order valence-corrected chi connectivity index (χ4v) is 1.77. The Labute approximate surface area is 90.6 Å². The van der Waals surface area contributed by atoms with Crippen molar-refractivity contribution < 1.29 is 9.53 Å². The smallest absolute Gasteiger partial charge is 0.226 e. The molecule has 0 spiro atoms. The number of hydrogen-bond donors (Lipinski definition) is 0. The number of methoxy groups -OCH3 is 1. The van der Waals surface area contributed by atoms with Gasteiger partial charge in [-0.25, -0.2) is 9.97 Å². The monoisotopic (exact) mass is 220 g/mol. The van der Waals surface area contributed by atoms with Gasteiger partial charge in [-0.15, -0.1) is 11.3 Å². The van der Waals surface area contributed by atoms with Crippen LogP contribution in [0.3, 0.4) is 0 Å². The van der Waals surface area contributed by atoms with E-state index in [9.17, 15) is 4.79 Å². The zero-order valence-electron chi connectivity index (χ0n) is 8.01. The maximum atomic E-state index is 11.9. The topological polar surface area (TPSA) is 52.1 Å². The lowest BCUT2D eigenvalue weighted by molar-refractivity contribution is 0.103. The van der Waals surface area contributed by atoms with Crippen molar-refractivity contribution in [1.82, 2.24) is 9.97 Å². The van der Waals surface area contributed by atoms with Gasteiger partial charge in [0, 0.05) is 17.8 Å². The second-order valence-electron chi connectivity index (χ2n) is 2.73. The Kier molecular flexibility index (Phi) is 2.73. The molecule has 5 heteroatoms. The number of ketones is 1. The van der Waals surface area contributed by atoms with E-state index in [4.69, 9.17) is 4.74 Å². The number of carbonyl (C=O) groups is 1. The predicted octanol–water partition coefficient (Wildman–Crippen LogP) is 1.78. The summed E-state index contributed by atoms with van der Waals surface area (Å²) >= 11 is 1.30. The highest BCUT2D eigenvalue weighted by atomic mass is 32.1. The Bertz CT molecular complexity index is 468. The first-order chi connectivity index (χ1) is 7.33. The molecule has 0 atom stereocenters. The fourth-order valence-electron chi connectivity index (χ4n) is 1.18. The molecule has 0 N–H and O–H groups in total. The summed E-state index contributed by atoms with van der Waals surface area (Å²) in [5, 5.41) is 2.21. The van der Waals surface area contributed by atoms with Gasteiger partial charge in [0.25, 0.3) is 0 Å². The largest absolute Gasteiger partial charge is 0.480 e. The number of carbonyl (C=O) groups excluding carboxylic acids is 1. The van der Waals surface area contributed by atoms with Crippen LogP contribution in [0.5, 0.6) is 5.88 Å². The van der Waals surface area contributed by atoms with Crippen LogP contribution in [0.15, 0.2) is 29.9 Å². The van der Waals surface area contributed by atoms with Crippen LogP contribution < -0.4 is 4.74 Å². The van der Waals surface area contributed by atoms with E-state index in [1.165, 1.54) is 18.4 Å². The third-order valence-corrected chi connectivity index (χ3v) is 2.61. The van der Waals surface area contributed by atoms with Gasteiger partial charge in [0.05, 0.1) is 12.7 Å². The van der Waals surface area contributed by atoms with E-state index in [1.54, 1.807) is 29.9 Å². The third-order valence-electron chi connectivity index (χ3n) is 1.84. The zero-order valence-corrected chi connectivity index (χ0v) is 8.82. The van der Waals surface area contributed by atoms with Gasteiger partial charge in [-0.2, -0.15) is 0 Å². The number of aromatic nitrogens is 2. The van der Waals surface area contributed by atoms with Crippen molar-refractivity contribution in [1.29, 1.82) is 0 Å². The normalized spacial score (nSPS) is 9.93. The number of rotatable bonds is 3. The minimum absolute atomic E-state index is 0.157. The lowest BCUT2D eigenvalue weighted by Gasteiger charge is -2.03. The summed E-state index contributed by atoms with van der Waals surface area (Å²) in [6.07, 6.45) is 3.18. The van der Waals surface area contributed by atoms with Crippen molar-refractivity contribution in [3.63, 3.8) is 0 Å². The van der Waals surface area contributed by atoms with Crippen LogP contribution in [-0.2, 0) is 0 Å². The molecule has 2 heterocycles. The van der Waals surface area contributed by atoms with Crippen molar-refractivity contribution in [3.05, 3.63) is 40.5 Å². The van der Waals surface area contributed by atoms with Gasteiger partial charge < -0.3 is 4.74 Å². The molecule has 0 saturated carbocycles. The van der Waals surface area contributed by atoms with Crippen molar-refractivity contribution in [2.24, 2.45) is 0 Å². The molecule has 0 saturated heterocycles. The van der Waals surface area contributed by atoms with Crippen molar-refractivity contribution >= 4 is 17.1 Å². The summed E-state index contributed by atoms with van der Waals surface area (Å²) in [5.74, 6) is 0.174. The molecule has 2 aromatic heterocycles. The molecular formula is C10H8N2O2S. The molecule has 0 radical (unpaired) electrons. The van der Waals surface area contributed by atoms with Gasteiger partial charge in [-0.1, -0.05) is 0 Å². The number of pyridine rings is 1. The first-order valence-electron chi connectivity index (χ1n) is 4.26. The number of ether oxygens (including phenoxy) is 1. The Morgan fingerprint density at radius 1 is 1.40 bits per heavy atom. The van der Waals surface area contributed by atoms with Crippen molar-refractivity contribution in [2.45, 2.75) is 0 Å². The first-order valence-corrected chi connectivity index (χ1v) is 5.14. The zero-order chi connectivity index (χ0) is 10.7. The van der Waals surface area contributed by atoms with Gasteiger partial charge in [-0.05, 0) is 12.1 Å². The number of nitrogens with zero attached hydrogens (tertiary/aromatic N) is 2. The van der Waals surface area contributed by atoms with Gasteiger partial charge in [0.2, 0.25) is 11.7 Å². The summed E-state index contributed by atoms with van der Waals surface area (Å²) < 4.78 is 5.01. The molecular weight excluding hydrogens is 212 g/mol. The molecule has 15 heavy (non-hydrogen) atoms. The van der Waals surface area contributed by atoms with Gasteiger partial charge in [0.1, 0.15) is 0 Å². The minimum atomic E-state index is -0.157. The molecule has 0 amide bonds. The van der Waals surface area contributed by atoms with Crippen LogP contribution in [-0.4, -0.2) is 22.9 Å². The average molecular weight is 220 g/mol. The van der Waals surface area contributed by atoms with E-state index in [1.807, 2.05) is 0 Å². The van der Waals surface area contributed by atoms with Crippen LogP contribution in [0.4, 0.5) is 0 Å². The average Bonchev–Trinajstić information content (AvgIpc) is 2.81. The standard InChI is InChI=1S/C10H8N2O2S/c1-14-9-7(3-2-4-11-9)8(13)10-12-5-6-15-10/h2-6H,1H3. The predicted molar refractivity (Wildman–Crippen MR) is 56.3 cm³/mol. The molecule has 0 aliphatic rings. The van der Waals surface area contributed by atoms with E-state index < -0.39 is 0 Å². The minimum Gasteiger partial charge on any atom is -0.480 e. The third kappa shape index (κ3) is 1.87. The summed E-state index contributed by atoms with van der Waals surface area (Å²) in [4.78, 5) is 19.8. The molecule has 0 aliphatic heterocycles. The lowest BCUT2D eigenvalue weighted by atomic mass is 10.2. The molecule has 2 rings (SSSR count). The van der Waals surface area contributed by atoms with Gasteiger partial charge in [0.15, 0.2) is 5.01 Å². The van der Waals surface area contributed by atoms with Gasteiger partial charge in [-0.3, -0.25) is 4.79 Å². The van der Waals surface area contributed by atoms with Gasteiger partial charge >= 0.3 is 0 Å². The lowest BCUT2D eigenvalue weighted by Crippen LogP contribution is -2.04. The van der Waals surface area contributed by atoms with Crippen LogP contribution in [0, 0.1) is 0 Å². The Balaban J connectivity index is 2.42. The molecule has 4 nitrogen and oxygen atoms in total. The van der Waals surface area contributed by atoms with E-state index >= 15 is 0 Å². The van der Waals surface area contributed by atoms with E-state index in [-0.39, 0.29) is 5.78 Å². The quantitative estimate of drug-likeness (QED) is 0.740. The molecule has 2 aromatic rings. The van der Waals surface area contributed by atoms with E-state index in [0.717, 1.165) is 0 Å². The highest BCUT2D eigenvalue weighted by molar-refractivity contribution is 7.11. The fraction of sp³-hybridized carbons (Fsp3) is 0.100. The highest BCUT2D eigenvalue weighted by Gasteiger charge is 2.16. The molecule has 0 bridgehead atoms. The maximum absolute atomic E-state index is 11.9. The number of hydrogen-bond acceptors (Lipinski definition) is 5. The molecule has 0 fully saturated rings. The summed E-state index contributed by atoms with van der Waals surface area (Å²) in [6, 6.07) is 3.37. The van der Waals surface area contributed by atoms with Crippen LogP contribution in [0.2, 0.25) is 0 Å². The second kappa shape index (κ2) is 4.18. The van der Waals surface area contributed by atoms with E-state index in [2.05, 4.69) is 9.97 Å². The van der Waals surface area contributed by atoms with Crippen LogP contribution in [0.1, 0.15) is 15.4 Å². The molecule has 0 aromatic carbocycles. The Hall–Kier alpha value is -1.75. The van der Waals surface area contributed by atoms with Crippen LogP contribution in [0.25, 0.3) is 0 Å². The van der Waals surface area contributed by atoms with Crippen molar-refractivity contribution in [2.75, 3.05) is 7.11 Å². The van der Waals surface area contributed by atoms with Crippen molar-refractivity contribution in [3.8, 4) is 5.88 Å². The first kappa shape index (κ1) is 9.79. The second-order valence-corrected chi connectivity index (χ2v) is 3.62. The Morgan fingerprint density at radius 3 is 2.93 bits per heavy atom. The molecule has 0 aliphatic carbocycles. The molecule has 0 unspecified atom stereocenters. The van der Waals surface area contributed by atoms with Crippen LogP contribution >= 0.6 is 11.3 Å². The highest BCUT2D eigenvalue weighted by Crippen LogP contribution is 2.19. The molecule has 76 valence electrons. The Morgan fingerprint density at radius 2 is 2.27 bits per heavy atom. The summed E-state index contributed by atoms with van der Waals surface area (Å²) in [6.45, 7) is 0. The SMILES string of the molecule is COc1ncccc1C(=O)c1nccs1. The van der Waals surface area contributed by atoms with E-state index in [0.29, 0.717) is 16.5 Å². The maximum Gasteiger partial charge on any atom is 0.226 e. The summed E-state index contributed by atoms with van der Waals surface area (Å²) in [7, 11) is 1.49. The summed E-state index contributed by atoms with van der Waals surface area (Å²) in [5.41, 5.74) is 0.440.